The summed E-state index contributed by atoms with van der Waals surface area (Å²) in [6.45, 7) is 1.60. The SMILES string of the molecule is [2H]c1c([2H])c([2H])c(-c2ccnc(-c3cc(-c4cccc5c4nc(-c4cc(C(C)(C)C)ccc4O)n5-c4ccc(C(C)(C)C)cc4-c4ccccc4)cc(C(C([2H])([2H])[2H])(C([2H])([2H])[2H])C([2H])([2H])[2H])c3)c2)c([2H])c1[2H]. The molecule has 2 aromatic heterocycles. The molecule has 0 unspecified atom stereocenters. The molecule has 290 valence electrons. The number of benzene rings is 6. The number of phenols is 1. The number of aromatic hydroxyl groups is 1. The van der Waals surface area contributed by atoms with Crippen LogP contribution in [0.5, 0.6) is 5.75 Å². The molecule has 8 aromatic rings. The van der Waals surface area contributed by atoms with E-state index in [-0.39, 0.29) is 44.5 Å². The summed E-state index contributed by atoms with van der Waals surface area (Å²) in [5.74, 6) is 0.286. The largest absolute Gasteiger partial charge is 0.507 e. The Morgan fingerprint density at radius 1 is 0.552 bits per heavy atom. The van der Waals surface area contributed by atoms with Crippen molar-refractivity contribution in [3.05, 3.63) is 168 Å². The van der Waals surface area contributed by atoms with Crippen molar-refractivity contribution < 1.29 is 24.3 Å². The zero-order chi connectivity index (χ0) is 52.8. The molecule has 0 radical (unpaired) electrons. The zero-order valence-electron chi connectivity index (χ0n) is 47.3. The predicted octanol–water partition coefficient (Wildman–Crippen LogP) is 14.4. The van der Waals surface area contributed by atoms with Gasteiger partial charge in [0, 0.05) is 35.2 Å². The Morgan fingerprint density at radius 3 is 1.95 bits per heavy atom. The van der Waals surface area contributed by atoms with Crippen LogP contribution in [0.3, 0.4) is 0 Å². The van der Waals surface area contributed by atoms with Gasteiger partial charge in [-0.25, -0.2) is 4.98 Å². The Morgan fingerprint density at radius 2 is 1.24 bits per heavy atom. The molecule has 0 saturated heterocycles. The maximum atomic E-state index is 11.8. The molecule has 0 aliphatic rings. The molecule has 2 heterocycles. The third-order valence-electron chi connectivity index (χ3n) is 10.5. The smallest absolute Gasteiger partial charge is 0.149 e. The highest BCUT2D eigenvalue weighted by Crippen LogP contribution is 2.43. The molecule has 0 spiro atoms. The van der Waals surface area contributed by atoms with Gasteiger partial charge in [-0.1, -0.05) is 153 Å². The standard InChI is InChI=1S/C54H53N3O/c1-52(2,3)40-23-25-47(44(33-40)36-19-14-11-15-20-36)57-48-22-16-21-43(50(48)56-51(57)45-34-41(53(4,5)6)24-26-49(45)58)38-29-39(31-42(30-38)54(7,8)9)46-32-37(27-28-55-46)35-17-12-10-13-18-35/h10-34,58H,1-9H3/i7D3,8D3,9D3,10D,12D,13D,17D,18D. The summed E-state index contributed by atoms with van der Waals surface area (Å²) < 4.78 is 123. The molecule has 8 rings (SSSR count). The molecule has 0 saturated carbocycles. The number of imidazole rings is 1. The van der Waals surface area contributed by atoms with Gasteiger partial charge in [-0.15, -0.1) is 0 Å². The van der Waals surface area contributed by atoms with Crippen LogP contribution in [0.25, 0.3) is 72.7 Å². The van der Waals surface area contributed by atoms with E-state index in [1.54, 1.807) is 24.3 Å². The minimum atomic E-state index is -3.65. The lowest BCUT2D eigenvalue weighted by Gasteiger charge is -2.23. The summed E-state index contributed by atoms with van der Waals surface area (Å²) in [4.78, 5) is 9.86. The number of fused-ring (bicyclic) bond motifs is 1. The summed E-state index contributed by atoms with van der Waals surface area (Å²) >= 11 is 0. The third-order valence-corrected chi connectivity index (χ3v) is 10.5. The van der Waals surface area contributed by atoms with Crippen LogP contribution >= 0.6 is 0 Å². The molecule has 4 nitrogen and oxygen atoms in total. The predicted molar refractivity (Wildman–Crippen MR) is 244 cm³/mol. The average Bonchev–Trinajstić information content (AvgIpc) is 3.68. The second kappa shape index (κ2) is 14.6. The average molecular weight is 774 g/mol. The second-order valence-electron chi connectivity index (χ2n) is 16.8. The van der Waals surface area contributed by atoms with E-state index in [1.165, 1.54) is 30.5 Å². The Hall–Kier alpha value is -6.26. The van der Waals surface area contributed by atoms with Crippen molar-refractivity contribution in [1.29, 1.82) is 0 Å². The van der Waals surface area contributed by atoms with E-state index < -0.39 is 61.7 Å². The summed E-state index contributed by atoms with van der Waals surface area (Å²) in [5, 5.41) is 11.8. The van der Waals surface area contributed by atoms with Gasteiger partial charge < -0.3 is 5.11 Å². The van der Waals surface area contributed by atoms with Crippen LogP contribution < -0.4 is 0 Å². The molecular formula is C54H53N3O. The first-order chi connectivity index (χ1) is 33.4. The first-order valence-electron chi connectivity index (χ1n) is 26.1. The number of hydrogen-bond acceptors (Lipinski definition) is 3. The Kier molecular flexibility index (Phi) is 6.34. The van der Waals surface area contributed by atoms with E-state index in [0.29, 0.717) is 33.7 Å². The van der Waals surface area contributed by atoms with Crippen molar-refractivity contribution in [2.45, 2.75) is 78.3 Å². The minimum absolute atomic E-state index is 0.0479. The van der Waals surface area contributed by atoms with Gasteiger partial charge in [0.2, 0.25) is 0 Å². The monoisotopic (exact) mass is 774 g/mol. The summed E-state index contributed by atoms with van der Waals surface area (Å²) in [7, 11) is 0. The molecule has 0 atom stereocenters. The van der Waals surface area contributed by atoms with Gasteiger partial charge in [0.1, 0.15) is 11.6 Å². The van der Waals surface area contributed by atoms with Crippen molar-refractivity contribution in [3.63, 3.8) is 0 Å². The number of pyridine rings is 1. The molecule has 4 heteroatoms. The van der Waals surface area contributed by atoms with E-state index in [4.69, 9.17) is 24.2 Å². The van der Waals surface area contributed by atoms with E-state index in [0.717, 1.165) is 22.3 Å². The maximum absolute atomic E-state index is 11.8. The van der Waals surface area contributed by atoms with Crippen LogP contribution in [0.15, 0.2) is 152 Å². The van der Waals surface area contributed by atoms with Gasteiger partial charge in [0.15, 0.2) is 0 Å². The lowest BCUT2D eigenvalue weighted by Crippen LogP contribution is -2.12. The molecule has 0 bridgehead atoms. The molecule has 58 heavy (non-hydrogen) atoms. The van der Waals surface area contributed by atoms with Gasteiger partial charge in [-0.3, -0.25) is 9.55 Å². The lowest BCUT2D eigenvalue weighted by atomic mass is 9.83. The Balaban J connectivity index is 1.52. The number of aromatic nitrogens is 3. The molecule has 0 aliphatic carbocycles. The van der Waals surface area contributed by atoms with Crippen LogP contribution in [-0.4, -0.2) is 19.6 Å². The van der Waals surface area contributed by atoms with E-state index >= 15 is 0 Å². The molecular weight excluding hydrogens is 707 g/mol. The maximum Gasteiger partial charge on any atom is 0.149 e. The molecule has 6 aromatic carbocycles. The topological polar surface area (TPSA) is 50.9 Å². The van der Waals surface area contributed by atoms with Crippen LogP contribution in [0.4, 0.5) is 0 Å². The van der Waals surface area contributed by atoms with E-state index in [9.17, 15) is 5.11 Å². The molecule has 0 fully saturated rings. The number of nitrogens with zero attached hydrogens (tertiary/aromatic N) is 3. The van der Waals surface area contributed by atoms with Crippen molar-refractivity contribution in [1.82, 2.24) is 14.5 Å². The second-order valence-corrected chi connectivity index (χ2v) is 16.8. The van der Waals surface area contributed by atoms with E-state index in [2.05, 4.69) is 52.6 Å². The first-order valence-corrected chi connectivity index (χ1v) is 19.1. The minimum Gasteiger partial charge on any atom is -0.507 e. The highest BCUT2D eigenvalue weighted by molar-refractivity contribution is 5.97. The Labute approximate surface area is 363 Å². The quantitative estimate of drug-likeness (QED) is 0.183. The van der Waals surface area contributed by atoms with Gasteiger partial charge in [-0.2, -0.15) is 0 Å². The highest BCUT2D eigenvalue weighted by atomic mass is 16.3. The van der Waals surface area contributed by atoms with Crippen molar-refractivity contribution in [2.24, 2.45) is 0 Å². The van der Waals surface area contributed by atoms with Crippen LogP contribution in [0.1, 0.15) is 98.0 Å². The van der Waals surface area contributed by atoms with Gasteiger partial charge in [-0.05, 0) is 110 Å². The van der Waals surface area contributed by atoms with E-state index in [1.807, 2.05) is 65.2 Å². The zero-order valence-corrected chi connectivity index (χ0v) is 33.3. The number of rotatable bonds is 6. The van der Waals surface area contributed by atoms with Crippen molar-refractivity contribution in [2.75, 3.05) is 0 Å². The fourth-order valence-corrected chi connectivity index (χ4v) is 7.27. The van der Waals surface area contributed by atoms with Crippen LogP contribution in [-0.2, 0) is 16.2 Å². The van der Waals surface area contributed by atoms with Gasteiger partial charge >= 0.3 is 0 Å². The normalized spacial score (nSPS) is 16.4. The molecule has 1 N–H and O–H groups in total. The number of hydrogen-bond donors (Lipinski definition) is 1. The third kappa shape index (κ3) is 7.47. The summed E-state index contributed by atoms with van der Waals surface area (Å²) in [6, 6.07) is 30.9. The number of phenolic OH excluding ortho intramolecular Hbond substituents is 1. The molecule has 0 aliphatic heterocycles. The highest BCUT2D eigenvalue weighted by Gasteiger charge is 2.26. The molecule has 0 amide bonds. The fraction of sp³-hybridized carbons (Fsp3) is 0.222. The fourth-order valence-electron chi connectivity index (χ4n) is 7.27. The van der Waals surface area contributed by atoms with Gasteiger partial charge in [0.25, 0.3) is 0 Å². The van der Waals surface area contributed by atoms with Crippen LogP contribution in [0.2, 0.25) is 0 Å². The van der Waals surface area contributed by atoms with Crippen molar-refractivity contribution in [3.8, 4) is 67.5 Å². The first kappa shape index (κ1) is 25.2. The Bertz CT molecular complexity index is 3350. The number of para-hydroxylation sites is 1. The lowest BCUT2D eigenvalue weighted by molar-refractivity contribution is 0.475. The summed E-state index contributed by atoms with van der Waals surface area (Å²) in [6.07, 6.45) is 1.32. The van der Waals surface area contributed by atoms with Gasteiger partial charge in [0.05, 0.1) is 34.8 Å². The summed E-state index contributed by atoms with van der Waals surface area (Å²) in [5.41, 5.74) is 1.70. The van der Waals surface area contributed by atoms with Crippen LogP contribution in [0, 0.1) is 0 Å². The van der Waals surface area contributed by atoms with Crippen molar-refractivity contribution >= 4 is 11.0 Å².